The fourth-order valence-corrected chi connectivity index (χ4v) is 5.53. The maximum absolute atomic E-state index is 12.9. The van der Waals surface area contributed by atoms with Crippen molar-refractivity contribution in [2.75, 3.05) is 15.9 Å². The number of thioether (sulfide) groups is 1. The van der Waals surface area contributed by atoms with Crippen LogP contribution in [0.2, 0.25) is 0 Å². The number of amides is 1. The van der Waals surface area contributed by atoms with Crippen molar-refractivity contribution in [1.82, 2.24) is 0 Å². The Bertz CT molecular complexity index is 1160. The molecule has 0 saturated carbocycles. The third-order valence-corrected chi connectivity index (χ3v) is 7.24. The van der Waals surface area contributed by atoms with Crippen molar-refractivity contribution in [2.24, 2.45) is 0 Å². The Balaban J connectivity index is 1.70. The number of benzene rings is 3. The minimum atomic E-state index is -3.66. The third kappa shape index (κ3) is 6.37. The summed E-state index contributed by atoms with van der Waals surface area (Å²) in [7, 11) is -3.66. The van der Waals surface area contributed by atoms with Gasteiger partial charge in [-0.1, -0.05) is 36.4 Å². The lowest BCUT2D eigenvalue weighted by molar-refractivity contribution is -0.116. The summed E-state index contributed by atoms with van der Waals surface area (Å²) in [5, 5.41) is 2.84. The molecule has 168 valence electrons. The van der Waals surface area contributed by atoms with E-state index in [9.17, 15) is 13.2 Å². The summed E-state index contributed by atoms with van der Waals surface area (Å²) >= 11 is 1.74. The summed E-state index contributed by atoms with van der Waals surface area (Å²) in [5.41, 5.74) is 4.12. The minimum absolute atomic E-state index is 0.388. The predicted molar refractivity (Wildman–Crippen MR) is 134 cm³/mol. The summed E-state index contributed by atoms with van der Waals surface area (Å²) in [4.78, 5) is 14.1. The molecule has 0 aliphatic carbocycles. The number of hydrogen-bond donors (Lipinski definition) is 1. The fraction of sp³-hybridized carbons (Fsp3) is 0.240. The minimum Gasteiger partial charge on any atom is -0.324 e. The lowest BCUT2D eigenvalue weighted by Crippen LogP contribution is -2.45. The summed E-state index contributed by atoms with van der Waals surface area (Å²) in [6.45, 7) is 5.40. The normalized spacial score (nSPS) is 12.2. The van der Waals surface area contributed by atoms with E-state index in [0.717, 1.165) is 28.7 Å². The van der Waals surface area contributed by atoms with Crippen LogP contribution in [-0.2, 0) is 20.6 Å². The first-order valence-electron chi connectivity index (χ1n) is 10.3. The van der Waals surface area contributed by atoms with Gasteiger partial charge in [0.25, 0.3) is 0 Å². The zero-order chi connectivity index (χ0) is 23.3. The Morgan fingerprint density at radius 3 is 2.12 bits per heavy atom. The molecule has 3 aromatic rings. The zero-order valence-electron chi connectivity index (χ0n) is 18.7. The van der Waals surface area contributed by atoms with Crippen molar-refractivity contribution in [1.29, 1.82) is 0 Å². The highest BCUT2D eigenvalue weighted by molar-refractivity contribution is 7.98. The Morgan fingerprint density at radius 1 is 0.969 bits per heavy atom. The standard InChI is InChI=1S/C25H28N2O3S2/c1-18-14-19(2)16-23(15-18)27(32(4,29)30)20(3)25(28)26-22-12-10-21(11-13-22)17-31-24-8-6-5-7-9-24/h5-16,20H,17H2,1-4H3,(H,26,28)/t20-/m1/s1. The molecule has 0 unspecified atom stereocenters. The molecule has 3 aromatic carbocycles. The van der Waals surface area contributed by atoms with Gasteiger partial charge in [0.15, 0.2) is 0 Å². The van der Waals surface area contributed by atoms with Crippen LogP contribution < -0.4 is 9.62 Å². The molecule has 0 aliphatic heterocycles. The summed E-state index contributed by atoms with van der Waals surface area (Å²) in [6, 6.07) is 22.4. The first-order chi connectivity index (χ1) is 15.1. The Morgan fingerprint density at radius 2 is 1.56 bits per heavy atom. The largest absolute Gasteiger partial charge is 0.324 e. The van der Waals surface area contributed by atoms with Crippen LogP contribution in [0.1, 0.15) is 23.6 Å². The van der Waals surface area contributed by atoms with Gasteiger partial charge in [-0.3, -0.25) is 9.10 Å². The highest BCUT2D eigenvalue weighted by Crippen LogP contribution is 2.25. The van der Waals surface area contributed by atoms with Crippen molar-refractivity contribution < 1.29 is 13.2 Å². The lowest BCUT2D eigenvalue weighted by atomic mass is 10.1. The van der Waals surface area contributed by atoms with Gasteiger partial charge < -0.3 is 5.32 Å². The predicted octanol–water partition coefficient (Wildman–Crippen LogP) is 5.39. The number of nitrogens with zero attached hydrogens (tertiary/aromatic N) is 1. The molecule has 0 saturated heterocycles. The molecule has 32 heavy (non-hydrogen) atoms. The van der Waals surface area contributed by atoms with E-state index >= 15 is 0 Å². The van der Waals surface area contributed by atoms with Crippen LogP contribution in [0, 0.1) is 13.8 Å². The van der Waals surface area contributed by atoms with Crippen molar-refractivity contribution in [3.8, 4) is 0 Å². The van der Waals surface area contributed by atoms with E-state index in [2.05, 4.69) is 17.4 Å². The molecule has 3 rings (SSSR count). The highest BCUT2D eigenvalue weighted by Gasteiger charge is 2.29. The molecular formula is C25H28N2O3S2. The number of rotatable bonds is 8. The van der Waals surface area contributed by atoms with Gasteiger partial charge in [-0.25, -0.2) is 8.42 Å². The van der Waals surface area contributed by atoms with Gasteiger partial charge in [0.05, 0.1) is 11.9 Å². The van der Waals surface area contributed by atoms with E-state index in [4.69, 9.17) is 0 Å². The van der Waals surface area contributed by atoms with Crippen LogP contribution in [0.25, 0.3) is 0 Å². The van der Waals surface area contributed by atoms with E-state index in [1.54, 1.807) is 30.8 Å². The Hall–Kier alpha value is -2.77. The number of hydrogen-bond acceptors (Lipinski definition) is 4. The maximum Gasteiger partial charge on any atom is 0.247 e. The van der Waals surface area contributed by atoms with Crippen LogP contribution in [0.4, 0.5) is 11.4 Å². The second-order valence-corrected chi connectivity index (χ2v) is 10.8. The molecule has 0 spiro atoms. The van der Waals surface area contributed by atoms with Crippen molar-refractivity contribution in [3.63, 3.8) is 0 Å². The molecule has 0 aromatic heterocycles. The second kappa shape index (κ2) is 10.2. The summed E-state index contributed by atoms with van der Waals surface area (Å²) < 4.78 is 26.2. The van der Waals surface area contributed by atoms with Gasteiger partial charge in [-0.15, -0.1) is 11.8 Å². The SMILES string of the molecule is Cc1cc(C)cc(N([C@H](C)C(=O)Nc2ccc(CSc3ccccc3)cc2)S(C)(=O)=O)c1. The topological polar surface area (TPSA) is 66.5 Å². The molecule has 1 amide bonds. The Kier molecular flexibility index (Phi) is 7.64. The quantitative estimate of drug-likeness (QED) is 0.450. The molecule has 0 fully saturated rings. The third-order valence-electron chi connectivity index (χ3n) is 4.92. The second-order valence-electron chi connectivity index (χ2n) is 7.87. The van der Waals surface area contributed by atoms with Gasteiger partial charge in [-0.05, 0) is 73.9 Å². The molecule has 5 nitrogen and oxygen atoms in total. The number of anilines is 2. The lowest BCUT2D eigenvalue weighted by Gasteiger charge is -2.28. The van der Waals surface area contributed by atoms with Crippen molar-refractivity contribution in [3.05, 3.63) is 89.5 Å². The van der Waals surface area contributed by atoms with Crippen LogP contribution >= 0.6 is 11.8 Å². The molecule has 1 N–H and O–H groups in total. The van der Waals surface area contributed by atoms with E-state index in [1.165, 1.54) is 9.20 Å². The molecule has 0 radical (unpaired) electrons. The number of sulfonamides is 1. The van der Waals surface area contributed by atoms with Crippen LogP contribution in [0.15, 0.2) is 77.7 Å². The maximum atomic E-state index is 12.9. The fourth-order valence-electron chi connectivity index (χ4n) is 3.50. The molecule has 7 heteroatoms. The van der Waals surface area contributed by atoms with Crippen molar-refractivity contribution >= 4 is 39.1 Å². The first kappa shape index (κ1) is 23.9. The zero-order valence-corrected chi connectivity index (χ0v) is 20.3. The average molecular weight is 469 g/mol. The highest BCUT2D eigenvalue weighted by atomic mass is 32.2. The first-order valence-corrected chi connectivity index (χ1v) is 13.1. The summed E-state index contributed by atoms with van der Waals surface area (Å²) in [6.07, 6.45) is 1.12. The Labute approximate surface area is 194 Å². The van der Waals surface area contributed by atoms with Crippen LogP contribution in [0.5, 0.6) is 0 Å². The number of carbonyl (C=O) groups excluding carboxylic acids is 1. The number of aryl methyl sites for hydroxylation is 2. The molecule has 0 aliphatic rings. The van der Waals surface area contributed by atoms with Crippen LogP contribution in [-0.4, -0.2) is 26.6 Å². The monoisotopic (exact) mass is 468 g/mol. The molecule has 0 bridgehead atoms. The van der Waals surface area contributed by atoms with Gasteiger partial charge in [0.1, 0.15) is 6.04 Å². The van der Waals surface area contributed by atoms with E-state index in [1.807, 2.05) is 62.4 Å². The van der Waals surface area contributed by atoms with E-state index in [0.29, 0.717) is 11.4 Å². The summed E-state index contributed by atoms with van der Waals surface area (Å²) in [5.74, 6) is 0.435. The van der Waals surface area contributed by atoms with Gasteiger partial charge >= 0.3 is 0 Å². The van der Waals surface area contributed by atoms with Gasteiger partial charge in [0, 0.05) is 16.3 Å². The number of carbonyl (C=O) groups is 1. The van der Waals surface area contributed by atoms with Gasteiger partial charge in [-0.2, -0.15) is 0 Å². The van der Waals surface area contributed by atoms with Crippen molar-refractivity contribution in [2.45, 2.75) is 37.5 Å². The smallest absolute Gasteiger partial charge is 0.247 e. The van der Waals surface area contributed by atoms with Crippen LogP contribution in [0.3, 0.4) is 0 Å². The molecular weight excluding hydrogens is 440 g/mol. The van der Waals surface area contributed by atoms with E-state index < -0.39 is 16.1 Å². The average Bonchev–Trinajstić information content (AvgIpc) is 2.72. The van der Waals surface area contributed by atoms with E-state index in [-0.39, 0.29) is 5.91 Å². The molecule has 1 atom stereocenters. The van der Waals surface area contributed by atoms with Gasteiger partial charge in [0.2, 0.25) is 15.9 Å². The number of nitrogens with one attached hydrogen (secondary N) is 1. The molecule has 0 heterocycles.